The minimum atomic E-state index is -0.785. The largest absolute Gasteiger partial charge is 0.385 e. The Morgan fingerprint density at radius 1 is 1.11 bits per heavy atom. The lowest BCUT2D eigenvalue weighted by Gasteiger charge is -2.45. The number of hydrogen-bond donors (Lipinski definition) is 1. The van der Waals surface area contributed by atoms with Crippen molar-refractivity contribution < 1.29 is 9.84 Å². The molecule has 1 aliphatic carbocycles. The van der Waals surface area contributed by atoms with Crippen LogP contribution in [0.15, 0.2) is 48.5 Å². The molecule has 3 heteroatoms. The molecule has 3 atom stereocenters. The lowest BCUT2D eigenvalue weighted by Crippen LogP contribution is -2.47. The molecule has 1 saturated carbocycles. The highest BCUT2D eigenvalue weighted by molar-refractivity contribution is 5.36. The summed E-state index contributed by atoms with van der Waals surface area (Å²) in [4.78, 5) is 2.18. The first-order valence-electron chi connectivity index (χ1n) is 9.99. The smallest absolute Gasteiger partial charge is 0.0941 e. The summed E-state index contributed by atoms with van der Waals surface area (Å²) < 4.78 is 6.23. The average molecular weight is 368 g/mol. The Bertz CT molecular complexity index is 743. The maximum absolute atomic E-state index is 11.8. The summed E-state index contributed by atoms with van der Waals surface area (Å²) in [6, 6.07) is 16.8. The van der Waals surface area contributed by atoms with Crippen LogP contribution in [-0.4, -0.2) is 36.8 Å². The second kappa shape index (κ2) is 8.55. The summed E-state index contributed by atoms with van der Waals surface area (Å²) in [5.74, 6) is 0.155. The van der Waals surface area contributed by atoms with E-state index in [1.165, 1.54) is 16.7 Å². The molecule has 0 bridgehead atoms. The second-order valence-corrected chi connectivity index (χ2v) is 8.39. The van der Waals surface area contributed by atoms with E-state index in [1.807, 2.05) is 18.2 Å². The Hall–Kier alpha value is -1.68. The van der Waals surface area contributed by atoms with Crippen molar-refractivity contribution in [1.29, 1.82) is 0 Å². The average Bonchev–Trinajstić information content (AvgIpc) is 2.65. The van der Waals surface area contributed by atoms with Crippen LogP contribution in [0.1, 0.15) is 41.5 Å². The van der Waals surface area contributed by atoms with Gasteiger partial charge in [0.1, 0.15) is 0 Å². The maximum atomic E-state index is 11.8. The highest BCUT2D eigenvalue weighted by Gasteiger charge is 2.44. The molecule has 2 aromatic carbocycles. The van der Waals surface area contributed by atoms with E-state index >= 15 is 0 Å². The zero-order chi connectivity index (χ0) is 19.4. The Labute approximate surface area is 164 Å². The molecule has 0 radical (unpaired) electrons. The van der Waals surface area contributed by atoms with Crippen LogP contribution in [0.3, 0.4) is 0 Å². The van der Waals surface area contributed by atoms with Crippen molar-refractivity contribution in [2.75, 3.05) is 20.6 Å². The van der Waals surface area contributed by atoms with Crippen molar-refractivity contribution in [3.63, 3.8) is 0 Å². The number of nitrogens with zero attached hydrogens (tertiary/aromatic N) is 1. The molecule has 0 spiro atoms. The summed E-state index contributed by atoms with van der Waals surface area (Å²) in [7, 11) is 4.16. The Balaban J connectivity index is 1.77. The van der Waals surface area contributed by atoms with Crippen LogP contribution in [-0.2, 0) is 16.9 Å². The molecule has 1 N–H and O–H groups in total. The van der Waals surface area contributed by atoms with E-state index in [1.54, 1.807) is 0 Å². The third-order valence-corrected chi connectivity index (χ3v) is 5.84. The van der Waals surface area contributed by atoms with Gasteiger partial charge in [-0.15, -0.1) is 0 Å². The van der Waals surface area contributed by atoms with Gasteiger partial charge < -0.3 is 14.7 Å². The van der Waals surface area contributed by atoms with E-state index in [-0.39, 0.29) is 12.0 Å². The maximum Gasteiger partial charge on any atom is 0.0941 e. The third-order valence-electron chi connectivity index (χ3n) is 5.84. The molecule has 27 heavy (non-hydrogen) atoms. The predicted octanol–water partition coefficient (Wildman–Crippen LogP) is 4.44. The van der Waals surface area contributed by atoms with Crippen LogP contribution in [0, 0.1) is 19.8 Å². The molecule has 1 fully saturated rings. The van der Waals surface area contributed by atoms with E-state index in [9.17, 15) is 5.11 Å². The Morgan fingerprint density at radius 2 is 1.85 bits per heavy atom. The molecule has 3 unspecified atom stereocenters. The summed E-state index contributed by atoms with van der Waals surface area (Å²) in [6.45, 7) is 5.70. The fraction of sp³-hybridized carbons (Fsp3) is 0.500. The molecular formula is C24H33NO2. The van der Waals surface area contributed by atoms with Gasteiger partial charge in [-0.05, 0) is 63.9 Å². The number of benzene rings is 2. The summed E-state index contributed by atoms with van der Waals surface area (Å²) in [6.07, 6.45) is 2.71. The van der Waals surface area contributed by atoms with Crippen molar-refractivity contribution in [2.45, 2.75) is 51.4 Å². The normalized spacial score (nSPS) is 25.7. The fourth-order valence-electron chi connectivity index (χ4n) is 4.38. The predicted molar refractivity (Wildman–Crippen MR) is 111 cm³/mol. The molecule has 0 aliphatic heterocycles. The quantitative estimate of drug-likeness (QED) is 0.819. The Morgan fingerprint density at radius 3 is 2.56 bits per heavy atom. The zero-order valence-corrected chi connectivity index (χ0v) is 17.1. The Kier molecular flexibility index (Phi) is 6.36. The van der Waals surface area contributed by atoms with Gasteiger partial charge in [0, 0.05) is 12.5 Å². The van der Waals surface area contributed by atoms with Crippen LogP contribution < -0.4 is 0 Å². The molecule has 146 valence electrons. The minimum absolute atomic E-state index is 0.155. The van der Waals surface area contributed by atoms with Gasteiger partial charge in [-0.25, -0.2) is 0 Å². The monoisotopic (exact) mass is 367 g/mol. The van der Waals surface area contributed by atoms with Gasteiger partial charge in [-0.3, -0.25) is 0 Å². The van der Waals surface area contributed by atoms with Crippen LogP contribution in [0.5, 0.6) is 0 Å². The van der Waals surface area contributed by atoms with E-state index in [0.29, 0.717) is 6.61 Å². The van der Waals surface area contributed by atoms with E-state index in [0.717, 1.165) is 31.4 Å². The SMILES string of the molecule is Cc1ccc(C)c(C2(O)CCC(OCc3ccccc3)CC2CN(C)C)c1. The first-order chi connectivity index (χ1) is 12.9. The van der Waals surface area contributed by atoms with Crippen molar-refractivity contribution in [3.8, 4) is 0 Å². The van der Waals surface area contributed by atoms with Crippen molar-refractivity contribution in [1.82, 2.24) is 4.90 Å². The van der Waals surface area contributed by atoms with Gasteiger partial charge in [0.05, 0.1) is 18.3 Å². The molecule has 0 saturated heterocycles. The van der Waals surface area contributed by atoms with Gasteiger partial charge in [-0.1, -0.05) is 54.1 Å². The van der Waals surface area contributed by atoms with E-state index in [2.05, 4.69) is 63.2 Å². The summed E-state index contributed by atoms with van der Waals surface area (Å²) >= 11 is 0. The number of ether oxygens (including phenoxy) is 1. The number of rotatable bonds is 6. The third kappa shape index (κ3) is 4.78. The topological polar surface area (TPSA) is 32.7 Å². The molecular weight excluding hydrogens is 334 g/mol. The van der Waals surface area contributed by atoms with Crippen LogP contribution in [0.25, 0.3) is 0 Å². The molecule has 3 rings (SSSR count). The van der Waals surface area contributed by atoms with Gasteiger partial charge in [0.2, 0.25) is 0 Å². The van der Waals surface area contributed by atoms with Crippen molar-refractivity contribution >= 4 is 0 Å². The van der Waals surface area contributed by atoms with Gasteiger partial charge in [0.25, 0.3) is 0 Å². The first-order valence-corrected chi connectivity index (χ1v) is 9.99. The van der Waals surface area contributed by atoms with Gasteiger partial charge in [-0.2, -0.15) is 0 Å². The number of aliphatic hydroxyl groups is 1. The number of hydrogen-bond acceptors (Lipinski definition) is 3. The van der Waals surface area contributed by atoms with E-state index < -0.39 is 5.60 Å². The first kappa shape index (κ1) is 20.1. The highest BCUT2D eigenvalue weighted by Crippen LogP contribution is 2.44. The molecule has 0 aromatic heterocycles. The molecule has 0 amide bonds. The lowest BCUT2D eigenvalue weighted by atomic mass is 9.69. The van der Waals surface area contributed by atoms with Crippen LogP contribution in [0.2, 0.25) is 0 Å². The number of aryl methyl sites for hydroxylation is 2. The van der Waals surface area contributed by atoms with Crippen LogP contribution in [0.4, 0.5) is 0 Å². The zero-order valence-electron chi connectivity index (χ0n) is 17.1. The summed E-state index contributed by atoms with van der Waals surface area (Å²) in [5, 5.41) is 11.8. The lowest BCUT2D eigenvalue weighted by molar-refractivity contribution is -0.111. The highest BCUT2D eigenvalue weighted by atomic mass is 16.5. The fourth-order valence-corrected chi connectivity index (χ4v) is 4.38. The van der Waals surface area contributed by atoms with Gasteiger partial charge >= 0.3 is 0 Å². The minimum Gasteiger partial charge on any atom is -0.385 e. The van der Waals surface area contributed by atoms with Crippen molar-refractivity contribution in [3.05, 3.63) is 70.8 Å². The van der Waals surface area contributed by atoms with E-state index in [4.69, 9.17) is 4.74 Å². The second-order valence-electron chi connectivity index (χ2n) is 8.39. The molecule has 2 aromatic rings. The molecule has 1 aliphatic rings. The van der Waals surface area contributed by atoms with Crippen molar-refractivity contribution in [2.24, 2.45) is 5.92 Å². The van der Waals surface area contributed by atoms with Crippen LogP contribution >= 0.6 is 0 Å². The summed E-state index contributed by atoms with van der Waals surface area (Å²) in [5.41, 5.74) is 3.89. The molecule has 0 heterocycles. The van der Waals surface area contributed by atoms with Gasteiger partial charge in [0.15, 0.2) is 0 Å². The molecule has 3 nitrogen and oxygen atoms in total. The standard InChI is InChI=1S/C24H33NO2/c1-18-10-11-19(2)23(14-18)24(26)13-12-22(15-21(24)16-25(3)4)27-17-20-8-6-5-7-9-20/h5-11,14,21-22,26H,12-13,15-17H2,1-4H3.